The summed E-state index contributed by atoms with van der Waals surface area (Å²) in [7, 11) is -2.97. The van der Waals surface area contributed by atoms with Crippen molar-refractivity contribution in [2.45, 2.75) is 11.4 Å². The zero-order valence-corrected chi connectivity index (χ0v) is 21.5. The molecule has 5 rings (SSSR count). The van der Waals surface area contributed by atoms with Crippen molar-refractivity contribution in [3.05, 3.63) is 89.6 Å². The zero-order chi connectivity index (χ0) is 26.5. The summed E-state index contributed by atoms with van der Waals surface area (Å²) in [5.41, 5.74) is 2.12. The summed E-state index contributed by atoms with van der Waals surface area (Å²) < 4.78 is 33.7. The van der Waals surface area contributed by atoms with Crippen LogP contribution in [0.5, 0.6) is 5.88 Å². The lowest BCUT2D eigenvalue weighted by Crippen LogP contribution is -2.18. The molecule has 2 aromatic carbocycles. The molecule has 3 aromatic heterocycles. The van der Waals surface area contributed by atoms with Gasteiger partial charge in [-0.3, -0.25) is 4.79 Å². The van der Waals surface area contributed by atoms with E-state index < -0.39 is 15.9 Å². The fourth-order valence-electron chi connectivity index (χ4n) is 3.41. The number of hydrogen-bond donors (Lipinski definition) is 2. The Bertz CT molecular complexity index is 1670. The SMILES string of the molecule is COc1ncc(NC(=O)c2csc(-c3ccccc3)n2)cc1S(=O)(=O)Nc1nnn(Cc2ccccc2)n1. The summed E-state index contributed by atoms with van der Waals surface area (Å²) in [5, 5.41) is 16.7. The Morgan fingerprint density at radius 2 is 1.82 bits per heavy atom. The Balaban J connectivity index is 1.33. The zero-order valence-electron chi connectivity index (χ0n) is 19.8. The maximum atomic E-state index is 13.1. The molecule has 3 heterocycles. The number of thiazole rings is 1. The number of anilines is 2. The van der Waals surface area contributed by atoms with Gasteiger partial charge in [0, 0.05) is 10.9 Å². The number of amides is 1. The molecule has 38 heavy (non-hydrogen) atoms. The van der Waals surface area contributed by atoms with Gasteiger partial charge in [-0.2, -0.15) is 4.80 Å². The number of nitrogens with zero attached hydrogens (tertiary/aromatic N) is 6. The lowest BCUT2D eigenvalue weighted by atomic mass is 10.2. The molecule has 0 aliphatic carbocycles. The molecule has 0 aliphatic heterocycles. The van der Waals surface area contributed by atoms with Gasteiger partial charge in [-0.25, -0.2) is 23.1 Å². The van der Waals surface area contributed by atoms with Crippen LogP contribution in [0.4, 0.5) is 11.6 Å². The van der Waals surface area contributed by atoms with Gasteiger partial charge in [-0.15, -0.1) is 16.4 Å². The molecule has 0 unspecified atom stereocenters. The minimum absolute atomic E-state index is 0.131. The summed E-state index contributed by atoms with van der Waals surface area (Å²) in [5.74, 6) is -0.919. The topological polar surface area (TPSA) is 154 Å². The summed E-state index contributed by atoms with van der Waals surface area (Å²) in [6, 6.07) is 20.1. The van der Waals surface area contributed by atoms with Gasteiger partial charge < -0.3 is 10.1 Å². The van der Waals surface area contributed by atoms with Gasteiger partial charge in [0.05, 0.1) is 25.5 Å². The molecule has 0 aliphatic rings. The van der Waals surface area contributed by atoms with Crippen LogP contribution < -0.4 is 14.8 Å². The first kappa shape index (κ1) is 25.0. The van der Waals surface area contributed by atoms with Crippen molar-refractivity contribution in [2.24, 2.45) is 0 Å². The molecule has 0 fully saturated rings. The number of carbonyl (C=O) groups is 1. The Hall–Kier alpha value is -4.69. The van der Waals surface area contributed by atoms with E-state index in [9.17, 15) is 13.2 Å². The van der Waals surface area contributed by atoms with Gasteiger partial charge in [0.25, 0.3) is 21.9 Å². The number of rotatable bonds is 9. The molecule has 192 valence electrons. The first-order valence-corrected chi connectivity index (χ1v) is 13.5. The summed E-state index contributed by atoms with van der Waals surface area (Å²) in [4.78, 5) is 22.1. The predicted octanol–water partition coefficient (Wildman–Crippen LogP) is 3.30. The number of tetrazole rings is 1. The first-order valence-electron chi connectivity index (χ1n) is 11.1. The van der Waals surface area contributed by atoms with E-state index in [1.807, 2.05) is 60.7 Å². The van der Waals surface area contributed by atoms with Gasteiger partial charge in [-0.1, -0.05) is 65.8 Å². The number of nitrogens with one attached hydrogen (secondary N) is 2. The highest BCUT2D eigenvalue weighted by atomic mass is 32.2. The molecular formula is C24H20N8O4S2. The van der Waals surface area contributed by atoms with Crippen molar-refractivity contribution in [3.8, 4) is 16.5 Å². The molecule has 14 heteroatoms. The smallest absolute Gasteiger partial charge is 0.277 e. The number of ether oxygens (including phenoxy) is 1. The van der Waals surface area contributed by atoms with Crippen LogP contribution in [0, 0.1) is 0 Å². The third-order valence-corrected chi connectivity index (χ3v) is 7.38. The molecule has 0 saturated carbocycles. The number of methoxy groups -OCH3 is 1. The van der Waals surface area contributed by atoms with Crippen LogP contribution >= 0.6 is 11.3 Å². The van der Waals surface area contributed by atoms with Crippen LogP contribution in [-0.2, 0) is 16.6 Å². The van der Waals surface area contributed by atoms with Crippen LogP contribution in [0.2, 0.25) is 0 Å². The van der Waals surface area contributed by atoms with Crippen molar-refractivity contribution >= 4 is 38.9 Å². The standard InChI is InChI=1S/C24H20N8O4S2/c1-36-22-20(38(34,35)30-24-28-31-32(29-24)14-16-8-4-2-5-9-16)12-18(13-25-22)26-21(33)19-15-37-23(27-19)17-10-6-3-7-11-17/h2-13,15H,14H2,1H3,(H,26,33)(H,29,30). The van der Waals surface area contributed by atoms with Crippen LogP contribution in [0.1, 0.15) is 16.1 Å². The van der Waals surface area contributed by atoms with E-state index in [4.69, 9.17) is 4.74 Å². The highest BCUT2D eigenvalue weighted by Gasteiger charge is 2.24. The number of hydrogen-bond acceptors (Lipinski definition) is 10. The molecule has 5 aromatic rings. The van der Waals surface area contributed by atoms with Gasteiger partial charge in [0.2, 0.25) is 5.88 Å². The van der Waals surface area contributed by atoms with Gasteiger partial charge in [0.1, 0.15) is 10.7 Å². The van der Waals surface area contributed by atoms with Crippen molar-refractivity contribution in [3.63, 3.8) is 0 Å². The molecule has 0 saturated heterocycles. The summed E-state index contributed by atoms with van der Waals surface area (Å²) in [6.45, 7) is 0.310. The molecular weight excluding hydrogens is 528 g/mol. The maximum Gasteiger partial charge on any atom is 0.277 e. The van der Waals surface area contributed by atoms with Crippen molar-refractivity contribution in [1.29, 1.82) is 0 Å². The summed E-state index contributed by atoms with van der Waals surface area (Å²) >= 11 is 1.32. The van der Waals surface area contributed by atoms with Crippen molar-refractivity contribution in [2.75, 3.05) is 17.1 Å². The van der Waals surface area contributed by atoms with Crippen LogP contribution in [0.3, 0.4) is 0 Å². The second-order valence-electron chi connectivity index (χ2n) is 7.82. The molecule has 1 amide bonds. The molecule has 0 bridgehead atoms. The maximum absolute atomic E-state index is 13.1. The molecule has 2 N–H and O–H groups in total. The van der Waals surface area contributed by atoms with E-state index in [0.29, 0.717) is 11.6 Å². The largest absolute Gasteiger partial charge is 0.480 e. The minimum Gasteiger partial charge on any atom is -0.480 e. The van der Waals surface area contributed by atoms with E-state index in [-0.39, 0.29) is 28.1 Å². The number of sulfonamides is 1. The van der Waals surface area contributed by atoms with Gasteiger partial charge >= 0.3 is 0 Å². The van der Waals surface area contributed by atoms with Crippen molar-refractivity contribution < 1.29 is 17.9 Å². The Morgan fingerprint density at radius 1 is 1.08 bits per heavy atom. The Labute approximate surface area is 221 Å². The molecule has 0 radical (unpaired) electrons. The molecule has 0 atom stereocenters. The van der Waals surface area contributed by atoms with E-state index in [1.165, 1.54) is 35.5 Å². The monoisotopic (exact) mass is 548 g/mol. The van der Waals surface area contributed by atoms with Gasteiger partial charge in [-0.05, 0) is 16.8 Å². The number of aromatic nitrogens is 6. The average molecular weight is 549 g/mol. The number of carbonyl (C=O) groups excluding carboxylic acids is 1. The average Bonchev–Trinajstić information content (AvgIpc) is 3.60. The Kier molecular flexibility index (Phi) is 7.06. The predicted molar refractivity (Wildman–Crippen MR) is 140 cm³/mol. The number of benzene rings is 2. The third kappa shape index (κ3) is 5.66. The van der Waals surface area contributed by atoms with Crippen molar-refractivity contribution in [1.82, 2.24) is 30.2 Å². The normalized spacial score (nSPS) is 11.2. The fourth-order valence-corrected chi connectivity index (χ4v) is 5.29. The van der Waals surface area contributed by atoms with E-state index in [0.717, 1.165) is 11.1 Å². The lowest BCUT2D eigenvalue weighted by Gasteiger charge is -2.11. The highest BCUT2D eigenvalue weighted by Crippen LogP contribution is 2.27. The fraction of sp³-hybridized carbons (Fsp3) is 0.0833. The third-order valence-electron chi connectivity index (χ3n) is 5.16. The second kappa shape index (κ2) is 10.7. The van der Waals surface area contributed by atoms with Crippen LogP contribution in [-0.4, -0.2) is 51.6 Å². The second-order valence-corrected chi connectivity index (χ2v) is 10.3. The Morgan fingerprint density at radius 3 is 2.55 bits per heavy atom. The van der Waals surface area contributed by atoms with E-state index in [2.05, 4.69) is 35.4 Å². The molecule has 12 nitrogen and oxygen atoms in total. The summed E-state index contributed by atoms with van der Waals surface area (Å²) in [6.07, 6.45) is 1.29. The molecule has 0 spiro atoms. The van der Waals surface area contributed by atoms with Gasteiger partial charge in [0.15, 0.2) is 4.90 Å². The quantitative estimate of drug-likeness (QED) is 0.282. The minimum atomic E-state index is -4.25. The van der Waals surface area contributed by atoms with Crippen LogP contribution in [0.25, 0.3) is 10.6 Å². The first-order chi connectivity index (χ1) is 18.4. The van der Waals surface area contributed by atoms with Crippen LogP contribution in [0.15, 0.2) is 83.2 Å². The van der Waals surface area contributed by atoms with E-state index in [1.54, 1.807) is 5.38 Å². The van der Waals surface area contributed by atoms with E-state index >= 15 is 0 Å². The lowest BCUT2D eigenvalue weighted by molar-refractivity contribution is 0.102. The number of pyridine rings is 1. The highest BCUT2D eigenvalue weighted by molar-refractivity contribution is 7.92.